The van der Waals surface area contributed by atoms with Crippen LogP contribution < -0.4 is 39.1 Å². The molecule has 0 saturated carbocycles. The first-order valence-electron chi connectivity index (χ1n) is 39.3. The largest absolute Gasteiger partial charge is 0.504 e. The number of piperazine rings is 2. The summed E-state index contributed by atoms with van der Waals surface area (Å²) in [6, 6.07) is 18.3. The average molecular weight is 1750 g/mol. The van der Waals surface area contributed by atoms with Gasteiger partial charge >= 0.3 is 23.9 Å². The number of phenolic OH excluding ortho intramolecular Hbond substituents is 2. The maximum atomic E-state index is 15.1. The molecule has 33 heteroatoms. The molecule has 22 rings (SSSR count). The van der Waals surface area contributed by atoms with Gasteiger partial charge in [-0.05, 0) is 160 Å². The number of aromatic amines is 2. The molecule has 0 amide bonds. The summed E-state index contributed by atoms with van der Waals surface area (Å²) in [5, 5.41) is 70.3. The number of likely N-dealkylation sites (N-methyl/N-ethyl adjacent to an activating group) is 2. The number of nitriles is 1. The first kappa shape index (κ1) is 80.9. The topological polar surface area (TPSA) is 377 Å². The van der Waals surface area contributed by atoms with Gasteiger partial charge in [-0.3, -0.25) is 39.8 Å². The number of nitrogens with zero attached hydrogens (tertiary/aromatic N) is 6. The number of benzene rings is 6. The van der Waals surface area contributed by atoms with Crippen LogP contribution in [0.15, 0.2) is 60.7 Å². The quantitative estimate of drug-likeness (QED) is 0.0253. The van der Waals surface area contributed by atoms with Crippen LogP contribution in [0.5, 0.6) is 46.0 Å². The van der Waals surface area contributed by atoms with Crippen LogP contribution in [0.3, 0.4) is 0 Å². The van der Waals surface area contributed by atoms with E-state index in [2.05, 4.69) is 98.4 Å². The van der Waals surface area contributed by atoms with Gasteiger partial charge in [0, 0.05) is 133 Å². The van der Waals surface area contributed by atoms with Gasteiger partial charge < -0.3 is 77.9 Å². The van der Waals surface area contributed by atoms with Crippen LogP contribution in [0.1, 0.15) is 149 Å². The van der Waals surface area contributed by atoms with Gasteiger partial charge in [-0.2, -0.15) is 5.26 Å². The number of nitrogens with one attached hydrogen (secondary N) is 4. The number of aromatic hydroxyl groups is 2. The molecule has 30 nitrogen and oxygen atoms in total. The number of carbonyl (C=O) groups is 4. The van der Waals surface area contributed by atoms with E-state index in [4.69, 9.17) is 62.7 Å². The maximum absolute atomic E-state index is 15.1. The van der Waals surface area contributed by atoms with E-state index in [1.165, 1.54) is 13.8 Å². The third-order valence-corrected chi connectivity index (χ3v) is 29.8. The normalized spacial score (nSPS) is 29.0. The number of carbonyl (C=O) groups excluding carboxylic acids is 4. The van der Waals surface area contributed by atoms with Gasteiger partial charge in [-0.25, -0.2) is 9.59 Å². The smallest absolute Gasteiger partial charge is 0.333 e. The Bertz CT molecular complexity index is 5580. The Hall–Kier alpha value is -9.47. The number of aliphatic hydroxyl groups excluding tert-OH is 1. The third-order valence-electron chi connectivity index (χ3n) is 26.9. The zero-order valence-electron chi connectivity index (χ0n) is 67.0. The van der Waals surface area contributed by atoms with Gasteiger partial charge in [0.05, 0.1) is 61.9 Å². The molecule has 0 unspecified atom stereocenters. The fraction of sp³-hybridized carbons (Fsp3) is 0.471. The van der Waals surface area contributed by atoms with Crippen LogP contribution in [-0.4, -0.2) is 207 Å². The molecule has 14 aliphatic rings. The minimum atomic E-state index is -1.50. The summed E-state index contributed by atoms with van der Waals surface area (Å²) in [4.78, 5) is 78.8. The molecular weight excluding hydrogens is 1650 g/mol. The van der Waals surface area contributed by atoms with Gasteiger partial charge in [-0.1, -0.05) is 48.5 Å². The predicted molar refractivity (Wildman–Crippen MR) is 427 cm³/mol. The molecule has 4 fully saturated rings. The fourth-order valence-corrected chi connectivity index (χ4v) is 25.3. The van der Waals surface area contributed by atoms with Crippen molar-refractivity contribution in [2.75, 3.05) is 79.8 Å². The number of para-hydroxylation sites is 2. The molecule has 625 valence electrons. The summed E-state index contributed by atoms with van der Waals surface area (Å²) in [5.41, 5.74) is 15.7. The van der Waals surface area contributed by atoms with E-state index in [0.29, 0.717) is 60.2 Å². The van der Waals surface area contributed by atoms with Gasteiger partial charge in [-0.15, -0.1) is 33.6 Å². The van der Waals surface area contributed by atoms with Crippen LogP contribution in [0.2, 0.25) is 0 Å². The van der Waals surface area contributed by atoms with Crippen molar-refractivity contribution in [3.05, 3.63) is 171 Å². The van der Waals surface area contributed by atoms with Crippen molar-refractivity contribution >= 4 is 69.2 Å². The predicted octanol–water partition coefficient (Wildman–Crippen LogP) is 9.21. The summed E-state index contributed by atoms with van der Waals surface area (Å²) < 4.78 is 60.6. The standard InChI is InChI=1S/C43H45N5O8S.C42H46N4O9S.Ag.HNO3/c1-19-11-23-12-28-29(14-44)48-30-16-54-42(51)43(41-26(13-24(46-43)15-53-22(4)49)25-9-7-8-10-27(25)45-41)17-57-40(31-20(2)21(3)38-39(33(30)31)56-18-55-38)35(48)34(47(28)5)32(23)36(50)37(19)52-6;1-18-11-22-12-27-40(49)46-28-15-53-41(50)42(39-25(13-23(44-42)14-52-21(4)47)24-9-7-8-10-26(24)43-39)16-56-38(29-19(2)20(3)36-37(31(28)29)55-17-54-36)33(46)32(45(27)5)30(22)34(48)35(18)51-6;;2-1(3)4/h7-11,24,28-30,34-35,40,45-46,50H,12-13,15-18H2,1-6H3;7-11,23,27-28,32-33,38,40,43-44,48-49H,12-17H2,1-6H3;;(H,2,3,4)/t24-,28-,29-,30-,34+,35+,40+,43+;23-,27-,28-,32+,33+,38+,40-,42+;;/m00../s1. The molecule has 0 aliphatic carbocycles. The van der Waals surface area contributed by atoms with Crippen molar-refractivity contribution in [3.63, 3.8) is 0 Å². The monoisotopic (exact) mass is 1740 g/mol. The van der Waals surface area contributed by atoms with Crippen LogP contribution in [0.4, 0.5) is 0 Å². The molecule has 16 atom stereocenters. The molecule has 14 aliphatic heterocycles. The zero-order valence-corrected chi connectivity index (χ0v) is 70.1. The molecule has 1 radical (unpaired) electrons. The maximum Gasteiger partial charge on any atom is 0.333 e. The number of aryl methyl sites for hydroxylation is 2. The van der Waals surface area contributed by atoms with E-state index in [1.807, 2.05) is 64.2 Å². The van der Waals surface area contributed by atoms with Crippen molar-refractivity contribution in [1.29, 1.82) is 5.26 Å². The molecule has 2 aromatic heterocycles. The second-order valence-electron chi connectivity index (χ2n) is 32.7. The number of hydrogen-bond acceptors (Lipinski definition) is 28. The number of aromatic nitrogens is 2. The summed E-state index contributed by atoms with van der Waals surface area (Å²) in [6.07, 6.45) is 1.18. The van der Waals surface area contributed by atoms with Gasteiger partial charge in [0.15, 0.2) is 57.1 Å². The van der Waals surface area contributed by atoms with Crippen LogP contribution in [-0.2, 0) is 97.3 Å². The van der Waals surface area contributed by atoms with Crippen LogP contribution in [0, 0.1) is 63.0 Å². The summed E-state index contributed by atoms with van der Waals surface area (Å²) in [5.74, 6) is 2.47. The summed E-state index contributed by atoms with van der Waals surface area (Å²) in [6.45, 7) is 15.1. The SMILES string of the molecule is COc1c(C)cc2c(c1O)[C@@H]1[C@@H]3[C@@H]4SC[C@]5(N[C@H](COC(C)=O)Cc6c5[nH]c5ccccc65)C(=O)OC[C@@H](c5c6c(c(C)c(C)c54)OCO6)N3[C@@H](C#N)[C@H](C2)N1C.COc1c(C)cc2c(c1O)[C@@H]1[C@@H]3[C@@H]4SC[C@]5(N[C@H](COC(C)=O)Cc6c5[nH]c5ccccc65)C(=O)OC[C@@H](c5c6c(c(C)c(C)c54)OCO6)N3[C@@H](O)[C@H](C2)N1C.O=[N+]([O-])O.[Ag]. The van der Waals surface area contributed by atoms with E-state index in [9.17, 15) is 30.2 Å². The Kier molecular flexibility index (Phi) is 20.8. The second kappa shape index (κ2) is 30.3. The zero-order chi connectivity index (χ0) is 82.2. The number of thioether (sulfide) groups is 2. The minimum Gasteiger partial charge on any atom is -0.504 e. The van der Waals surface area contributed by atoms with E-state index < -0.39 is 70.4 Å². The number of rotatable bonds is 6. The van der Waals surface area contributed by atoms with Crippen LogP contribution in [0.25, 0.3) is 21.8 Å². The Balaban J connectivity index is 0.000000161. The molecule has 6 aromatic carbocycles. The molecule has 2 spiro atoms. The number of aliphatic hydroxyl groups is 1. The second-order valence-corrected chi connectivity index (χ2v) is 35.0. The van der Waals surface area contributed by atoms with Gasteiger partial charge in [0.1, 0.15) is 38.7 Å². The number of phenols is 2. The van der Waals surface area contributed by atoms with E-state index in [-0.39, 0.29) is 138 Å². The number of esters is 4. The Morgan fingerprint density at radius 1 is 0.610 bits per heavy atom. The molecule has 8 aromatic rings. The molecule has 16 heterocycles. The first-order valence-corrected chi connectivity index (χ1v) is 41.4. The number of methoxy groups -OCH3 is 2. The van der Waals surface area contributed by atoms with Crippen molar-refractivity contribution in [2.45, 2.75) is 175 Å². The minimum absolute atomic E-state index is 0. The van der Waals surface area contributed by atoms with Crippen LogP contribution >= 0.6 is 23.5 Å². The van der Waals surface area contributed by atoms with Crippen molar-refractivity contribution in [3.8, 4) is 52.1 Å². The first-order chi connectivity index (χ1) is 56.2. The molecule has 8 bridgehead atoms. The van der Waals surface area contributed by atoms with Crippen molar-refractivity contribution in [2.24, 2.45) is 0 Å². The van der Waals surface area contributed by atoms with E-state index >= 15 is 9.59 Å². The van der Waals surface area contributed by atoms with Crippen molar-refractivity contribution < 1.29 is 115 Å². The third kappa shape index (κ3) is 12.1. The van der Waals surface area contributed by atoms with E-state index in [0.717, 1.165) is 122 Å². The number of hydrogen-bond donors (Lipinski definition) is 8. The Morgan fingerprint density at radius 2 is 1.02 bits per heavy atom. The fourth-order valence-electron chi connectivity index (χ4n) is 21.9. The van der Waals surface area contributed by atoms with Crippen molar-refractivity contribution in [1.82, 2.24) is 40.2 Å². The number of H-pyrrole nitrogens is 2. The van der Waals surface area contributed by atoms with Gasteiger partial charge in [0.25, 0.3) is 5.09 Å². The molecular formula is C85H92AgN10O20S2. The summed E-state index contributed by atoms with van der Waals surface area (Å²) >= 11 is 3.26. The number of ether oxygens (including phenoxy) is 10. The average Bonchev–Trinajstić information content (AvgIpc) is 0.915. The van der Waals surface area contributed by atoms with E-state index in [1.54, 1.807) is 37.7 Å². The molecule has 8 N–H and O–H groups in total. The molecule has 118 heavy (non-hydrogen) atoms. The molecule has 4 saturated heterocycles. The Labute approximate surface area is 703 Å². The van der Waals surface area contributed by atoms with Gasteiger partial charge in [0.2, 0.25) is 13.6 Å². The Morgan fingerprint density at radius 3 is 1.45 bits per heavy atom. The number of fused-ring (bicyclic) bond motifs is 22. The summed E-state index contributed by atoms with van der Waals surface area (Å²) in [7, 11) is 7.24.